The molecule has 1 atom stereocenters. The van der Waals surface area contributed by atoms with Crippen molar-refractivity contribution in [2.24, 2.45) is 10.7 Å². The highest BCUT2D eigenvalue weighted by atomic mass is 19.1. The zero-order chi connectivity index (χ0) is 26.8. The van der Waals surface area contributed by atoms with Gasteiger partial charge in [0.05, 0.1) is 20.6 Å². The van der Waals surface area contributed by atoms with E-state index in [2.05, 4.69) is 10.3 Å². The van der Waals surface area contributed by atoms with Crippen LogP contribution in [0.15, 0.2) is 71.7 Å². The molecule has 9 heteroatoms. The molecule has 0 radical (unpaired) electrons. The number of aliphatic imine (C=N–C) groups is 1. The van der Waals surface area contributed by atoms with Gasteiger partial charge in [0.1, 0.15) is 6.04 Å². The number of ether oxygens (including phenoxy) is 2. The van der Waals surface area contributed by atoms with Crippen LogP contribution in [0.4, 0.5) is 8.78 Å². The van der Waals surface area contributed by atoms with Gasteiger partial charge in [-0.1, -0.05) is 42.5 Å². The molecule has 3 N–H and O–H groups in total. The van der Waals surface area contributed by atoms with Crippen LogP contribution >= 0.6 is 0 Å². The normalized spacial score (nSPS) is 12.1. The topological polar surface area (TPSA) is 103 Å². The number of nitrogens with two attached hydrogens (primary N) is 1. The number of rotatable bonds is 11. The summed E-state index contributed by atoms with van der Waals surface area (Å²) >= 11 is 0. The van der Waals surface area contributed by atoms with Gasteiger partial charge < -0.3 is 15.2 Å². The van der Waals surface area contributed by atoms with Crippen LogP contribution in [0.3, 0.4) is 0 Å². The Morgan fingerprint density at radius 2 is 1.49 bits per heavy atom. The van der Waals surface area contributed by atoms with Crippen molar-refractivity contribution in [1.82, 2.24) is 5.32 Å². The Bertz CT molecular complexity index is 1270. The van der Waals surface area contributed by atoms with E-state index in [1.807, 2.05) is 30.3 Å². The zero-order valence-corrected chi connectivity index (χ0v) is 20.7. The Morgan fingerprint density at radius 3 is 2.11 bits per heavy atom. The minimum absolute atomic E-state index is 0.0271. The summed E-state index contributed by atoms with van der Waals surface area (Å²) < 4.78 is 37.3. The lowest BCUT2D eigenvalue weighted by Gasteiger charge is -2.14. The lowest BCUT2D eigenvalue weighted by Crippen LogP contribution is -2.40. The highest BCUT2D eigenvalue weighted by molar-refractivity contribution is 5.98. The van der Waals surface area contributed by atoms with Crippen molar-refractivity contribution in [2.75, 3.05) is 14.2 Å². The first kappa shape index (κ1) is 27.3. The molecule has 0 heterocycles. The van der Waals surface area contributed by atoms with E-state index in [4.69, 9.17) is 15.2 Å². The van der Waals surface area contributed by atoms with Crippen LogP contribution < -0.4 is 20.5 Å². The molecular formula is C28H29F2N3O4. The van der Waals surface area contributed by atoms with Crippen LogP contribution in [-0.4, -0.2) is 37.9 Å². The Kier molecular flexibility index (Phi) is 9.71. The molecule has 0 aromatic heterocycles. The summed E-state index contributed by atoms with van der Waals surface area (Å²) in [5, 5.41) is 2.49. The molecule has 0 bridgehead atoms. The van der Waals surface area contributed by atoms with Crippen molar-refractivity contribution < 1.29 is 27.8 Å². The third kappa shape index (κ3) is 8.13. The number of carbonyl (C=O) groups excluding carboxylic acids is 2. The van der Waals surface area contributed by atoms with Crippen molar-refractivity contribution >= 4 is 17.6 Å². The van der Waals surface area contributed by atoms with Crippen LogP contribution in [0, 0.1) is 11.6 Å². The van der Waals surface area contributed by atoms with E-state index >= 15 is 0 Å². The van der Waals surface area contributed by atoms with E-state index in [9.17, 15) is 18.4 Å². The molecule has 0 saturated carbocycles. The number of benzene rings is 3. The number of carbonyl (C=O) groups is 2. The molecule has 0 aliphatic heterocycles. The average molecular weight is 510 g/mol. The fourth-order valence-corrected chi connectivity index (χ4v) is 3.75. The van der Waals surface area contributed by atoms with E-state index in [1.165, 1.54) is 38.5 Å². The molecule has 194 valence electrons. The SMILES string of the molecule is COc1cc(CCC(=O)[C@@H](Cc2ccccc2)N=C(N)NC(=O)Cc2ccc(F)c(OC)c2)ccc1F. The molecule has 3 aromatic carbocycles. The second-order valence-electron chi connectivity index (χ2n) is 8.35. The lowest BCUT2D eigenvalue weighted by molar-refractivity contribution is -0.121. The molecule has 0 unspecified atom stereocenters. The van der Waals surface area contributed by atoms with E-state index in [0.29, 0.717) is 12.0 Å². The largest absolute Gasteiger partial charge is 0.494 e. The zero-order valence-electron chi connectivity index (χ0n) is 20.7. The number of Topliss-reactive ketones (excluding diaryl/α,β-unsaturated/α-hetero) is 1. The smallest absolute Gasteiger partial charge is 0.231 e. The molecule has 3 aromatic rings. The number of nitrogens with one attached hydrogen (secondary N) is 1. The number of hydrogen-bond acceptors (Lipinski definition) is 5. The molecule has 1 amide bonds. The predicted molar refractivity (Wildman–Crippen MR) is 137 cm³/mol. The van der Waals surface area contributed by atoms with Gasteiger partial charge in [0.2, 0.25) is 5.91 Å². The molecular weight excluding hydrogens is 480 g/mol. The number of halogens is 2. The van der Waals surface area contributed by atoms with Crippen molar-refractivity contribution in [1.29, 1.82) is 0 Å². The Labute approximate surface area is 214 Å². The number of amides is 1. The maximum absolute atomic E-state index is 13.7. The van der Waals surface area contributed by atoms with Crippen LogP contribution in [0.5, 0.6) is 11.5 Å². The van der Waals surface area contributed by atoms with Gasteiger partial charge >= 0.3 is 0 Å². The van der Waals surface area contributed by atoms with E-state index < -0.39 is 23.6 Å². The predicted octanol–water partition coefficient (Wildman–Crippen LogP) is 3.77. The first-order valence-electron chi connectivity index (χ1n) is 11.6. The number of methoxy groups -OCH3 is 2. The average Bonchev–Trinajstić information content (AvgIpc) is 2.89. The second-order valence-corrected chi connectivity index (χ2v) is 8.35. The fourth-order valence-electron chi connectivity index (χ4n) is 3.75. The summed E-state index contributed by atoms with van der Waals surface area (Å²) in [6.07, 6.45) is 0.691. The Hall–Kier alpha value is -4.27. The first-order valence-corrected chi connectivity index (χ1v) is 11.6. The second kappa shape index (κ2) is 13.2. The number of ketones is 1. The molecule has 7 nitrogen and oxygen atoms in total. The lowest BCUT2D eigenvalue weighted by atomic mass is 9.98. The Balaban J connectivity index is 1.70. The van der Waals surface area contributed by atoms with Crippen molar-refractivity contribution in [3.05, 3.63) is 95.1 Å². The van der Waals surface area contributed by atoms with Crippen molar-refractivity contribution in [2.45, 2.75) is 31.7 Å². The van der Waals surface area contributed by atoms with Gasteiger partial charge in [-0.25, -0.2) is 13.8 Å². The van der Waals surface area contributed by atoms with Gasteiger partial charge in [0.25, 0.3) is 0 Å². The summed E-state index contributed by atoms with van der Waals surface area (Å²) in [6, 6.07) is 17.0. The molecule has 0 aliphatic carbocycles. The van der Waals surface area contributed by atoms with E-state index in [0.717, 1.165) is 11.1 Å². The van der Waals surface area contributed by atoms with Gasteiger partial charge in [-0.05, 0) is 47.4 Å². The van der Waals surface area contributed by atoms with Gasteiger partial charge in [-0.2, -0.15) is 0 Å². The quantitative estimate of drug-likeness (QED) is 0.303. The molecule has 0 aliphatic rings. The number of hydrogen-bond donors (Lipinski definition) is 2. The maximum atomic E-state index is 13.7. The third-order valence-corrected chi connectivity index (χ3v) is 5.66. The molecule has 0 spiro atoms. The standard InChI is InChI=1S/C28H29F2N3O4/c1-36-25-15-19(8-11-21(25)29)10-13-24(34)23(14-18-6-4-3-5-7-18)32-28(31)33-27(35)17-20-9-12-22(30)26(16-20)37-2/h3-9,11-12,15-16,23H,10,13-14,17H2,1-2H3,(H3,31,32,33,35)/t23-/m1/s1. The molecule has 0 fully saturated rings. The van der Waals surface area contributed by atoms with Gasteiger partial charge in [-0.15, -0.1) is 0 Å². The summed E-state index contributed by atoms with van der Waals surface area (Å²) in [7, 11) is 2.71. The first-order chi connectivity index (χ1) is 17.8. The van der Waals surface area contributed by atoms with Crippen LogP contribution in [0.1, 0.15) is 23.1 Å². The molecule has 37 heavy (non-hydrogen) atoms. The number of nitrogens with zero attached hydrogens (tertiary/aromatic N) is 1. The van der Waals surface area contributed by atoms with Crippen molar-refractivity contribution in [3.8, 4) is 11.5 Å². The van der Waals surface area contributed by atoms with Gasteiger partial charge in [0, 0.05) is 12.8 Å². The van der Waals surface area contributed by atoms with Gasteiger partial charge in [-0.3, -0.25) is 14.9 Å². The molecule has 3 rings (SSSR count). The monoisotopic (exact) mass is 509 g/mol. The Morgan fingerprint density at radius 1 is 0.892 bits per heavy atom. The van der Waals surface area contributed by atoms with Crippen LogP contribution in [0.2, 0.25) is 0 Å². The minimum Gasteiger partial charge on any atom is -0.494 e. The van der Waals surface area contributed by atoms with E-state index in [1.54, 1.807) is 12.1 Å². The van der Waals surface area contributed by atoms with Crippen LogP contribution in [0.25, 0.3) is 0 Å². The highest BCUT2D eigenvalue weighted by Crippen LogP contribution is 2.20. The molecule has 0 saturated heterocycles. The number of aryl methyl sites for hydroxylation is 1. The van der Waals surface area contributed by atoms with Gasteiger partial charge in [0.15, 0.2) is 34.9 Å². The summed E-state index contributed by atoms with van der Waals surface area (Å²) in [5.41, 5.74) is 8.13. The summed E-state index contributed by atoms with van der Waals surface area (Å²) in [6.45, 7) is 0. The van der Waals surface area contributed by atoms with Crippen LogP contribution in [-0.2, 0) is 28.9 Å². The van der Waals surface area contributed by atoms with Crippen molar-refractivity contribution in [3.63, 3.8) is 0 Å². The minimum atomic E-state index is -0.837. The fraction of sp³-hybridized carbons (Fsp3) is 0.250. The third-order valence-electron chi connectivity index (χ3n) is 5.66. The summed E-state index contributed by atoms with van der Waals surface area (Å²) in [4.78, 5) is 29.9. The van der Waals surface area contributed by atoms with E-state index in [-0.39, 0.29) is 42.5 Å². The number of guanidine groups is 1. The maximum Gasteiger partial charge on any atom is 0.231 e. The highest BCUT2D eigenvalue weighted by Gasteiger charge is 2.20. The summed E-state index contributed by atoms with van der Waals surface area (Å²) in [5.74, 6) is -1.74.